The second-order valence-corrected chi connectivity index (χ2v) is 9.22. The molecular weight excluding hydrogens is 425 g/mol. The molecule has 0 radical (unpaired) electrons. The fourth-order valence-corrected chi connectivity index (χ4v) is 5.15. The van der Waals surface area contributed by atoms with E-state index in [4.69, 9.17) is 9.26 Å². The maximum atomic E-state index is 13.2. The van der Waals surface area contributed by atoms with E-state index in [1.165, 1.54) is 28.8 Å². The van der Waals surface area contributed by atoms with E-state index in [1.807, 2.05) is 6.92 Å². The minimum absolute atomic E-state index is 0.0765. The molecule has 0 bridgehead atoms. The number of nitrogens with zero attached hydrogens (tertiary/aromatic N) is 5. The van der Waals surface area contributed by atoms with Gasteiger partial charge in [0.2, 0.25) is 10.0 Å². The Morgan fingerprint density at radius 2 is 2.03 bits per heavy atom. The van der Waals surface area contributed by atoms with Crippen LogP contribution in [0.25, 0.3) is 0 Å². The Kier molecular flexibility index (Phi) is 6.44. The highest BCUT2D eigenvalue weighted by molar-refractivity contribution is 7.89. The molecular formula is C20H24FN5O4S. The molecule has 9 nitrogen and oxygen atoms in total. The minimum Gasteiger partial charge on any atom is -0.367 e. The molecule has 0 N–H and O–H groups in total. The molecule has 3 aromatic rings. The Balaban J connectivity index is 1.45. The summed E-state index contributed by atoms with van der Waals surface area (Å²) in [5.74, 6) is 0.282. The topological polar surface area (TPSA) is 103 Å². The summed E-state index contributed by atoms with van der Waals surface area (Å²) in [6.07, 6.45) is 5.15. The van der Waals surface area contributed by atoms with Gasteiger partial charge in [-0.25, -0.2) is 12.8 Å². The zero-order valence-corrected chi connectivity index (χ0v) is 18.0. The standard InChI is InChI=1S/C20H24FN5O4S/c1-2-25-12-17(11-22-25)31(27,28)26-10-4-3-5-18(26)20-23-19(30-24-20)14-29-13-15-6-8-16(21)9-7-15/h6-9,11-12,18H,2-5,10,13-14H2,1H3. The molecule has 31 heavy (non-hydrogen) atoms. The molecule has 0 spiro atoms. The predicted molar refractivity (Wildman–Crippen MR) is 108 cm³/mol. The maximum Gasteiger partial charge on any atom is 0.252 e. The van der Waals surface area contributed by atoms with Crippen LogP contribution in [-0.4, -0.2) is 39.2 Å². The lowest BCUT2D eigenvalue weighted by Crippen LogP contribution is -2.38. The number of hydrogen-bond donors (Lipinski definition) is 0. The van der Waals surface area contributed by atoms with Crippen LogP contribution in [0, 0.1) is 5.82 Å². The lowest BCUT2D eigenvalue weighted by Gasteiger charge is -2.32. The number of aryl methyl sites for hydroxylation is 1. The summed E-state index contributed by atoms with van der Waals surface area (Å²) >= 11 is 0. The van der Waals surface area contributed by atoms with Gasteiger partial charge in [-0.1, -0.05) is 23.7 Å². The van der Waals surface area contributed by atoms with E-state index in [9.17, 15) is 12.8 Å². The highest BCUT2D eigenvalue weighted by Gasteiger charge is 2.37. The summed E-state index contributed by atoms with van der Waals surface area (Å²) in [7, 11) is -3.73. The monoisotopic (exact) mass is 449 g/mol. The molecule has 1 atom stereocenters. The van der Waals surface area contributed by atoms with Crippen molar-refractivity contribution in [1.82, 2.24) is 24.2 Å². The van der Waals surface area contributed by atoms with Gasteiger partial charge >= 0.3 is 0 Å². The predicted octanol–water partition coefficient (Wildman–Crippen LogP) is 3.06. The molecule has 1 saturated heterocycles. The van der Waals surface area contributed by atoms with Crippen molar-refractivity contribution in [2.24, 2.45) is 0 Å². The largest absolute Gasteiger partial charge is 0.367 e. The van der Waals surface area contributed by atoms with Gasteiger partial charge in [0.1, 0.15) is 17.3 Å². The summed E-state index contributed by atoms with van der Waals surface area (Å²) in [5, 5.41) is 8.10. The molecule has 1 fully saturated rings. The average Bonchev–Trinajstić information content (AvgIpc) is 3.45. The van der Waals surface area contributed by atoms with Gasteiger partial charge < -0.3 is 9.26 Å². The summed E-state index contributed by atoms with van der Waals surface area (Å²) < 4.78 is 53.2. The number of piperidine rings is 1. The third kappa shape index (κ3) is 4.83. The van der Waals surface area contributed by atoms with Gasteiger partial charge in [-0.15, -0.1) is 0 Å². The van der Waals surface area contributed by atoms with Crippen molar-refractivity contribution in [1.29, 1.82) is 0 Å². The quantitative estimate of drug-likeness (QED) is 0.521. The van der Waals surface area contributed by atoms with Gasteiger partial charge in [0.15, 0.2) is 5.82 Å². The van der Waals surface area contributed by atoms with Crippen molar-refractivity contribution >= 4 is 10.0 Å². The third-order valence-electron chi connectivity index (χ3n) is 5.18. The van der Waals surface area contributed by atoms with E-state index in [2.05, 4.69) is 15.2 Å². The highest BCUT2D eigenvalue weighted by Crippen LogP contribution is 2.34. The van der Waals surface area contributed by atoms with Crippen molar-refractivity contribution in [2.45, 2.75) is 56.9 Å². The Morgan fingerprint density at radius 3 is 2.77 bits per heavy atom. The molecule has 1 aromatic carbocycles. The zero-order chi connectivity index (χ0) is 21.8. The number of sulfonamides is 1. The lowest BCUT2D eigenvalue weighted by atomic mass is 10.0. The van der Waals surface area contributed by atoms with Gasteiger partial charge in [0.25, 0.3) is 5.89 Å². The molecule has 1 aliphatic heterocycles. The van der Waals surface area contributed by atoms with Crippen molar-refractivity contribution in [3.8, 4) is 0 Å². The summed E-state index contributed by atoms with van der Waals surface area (Å²) in [4.78, 5) is 4.53. The molecule has 4 rings (SSSR count). The molecule has 0 aliphatic carbocycles. The van der Waals surface area contributed by atoms with Crippen LogP contribution < -0.4 is 0 Å². The van der Waals surface area contributed by atoms with E-state index >= 15 is 0 Å². The van der Waals surface area contributed by atoms with Crippen LogP contribution >= 0.6 is 0 Å². The first kappa shape index (κ1) is 21.6. The normalized spacial score (nSPS) is 17.8. The molecule has 2 aromatic heterocycles. The second-order valence-electron chi connectivity index (χ2n) is 7.32. The average molecular weight is 450 g/mol. The number of rotatable bonds is 8. The fraction of sp³-hybridized carbons (Fsp3) is 0.450. The van der Waals surface area contributed by atoms with Crippen molar-refractivity contribution in [3.63, 3.8) is 0 Å². The van der Waals surface area contributed by atoms with Crippen LogP contribution in [0.3, 0.4) is 0 Å². The van der Waals surface area contributed by atoms with E-state index in [0.29, 0.717) is 25.3 Å². The molecule has 0 saturated carbocycles. The second kappa shape index (κ2) is 9.25. The summed E-state index contributed by atoms with van der Waals surface area (Å²) in [6.45, 7) is 3.21. The summed E-state index contributed by atoms with van der Waals surface area (Å²) in [5.41, 5.74) is 0.818. The number of hydrogen-bond acceptors (Lipinski definition) is 7. The smallest absolute Gasteiger partial charge is 0.252 e. The maximum absolute atomic E-state index is 13.2. The first-order valence-corrected chi connectivity index (χ1v) is 11.6. The Hall–Kier alpha value is -2.63. The van der Waals surface area contributed by atoms with E-state index in [0.717, 1.165) is 18.4 Å². The minimum atomic E-state index is -3.73. The number of benzene rings is 1. The van der Waals surface area contributed by atoms with Crippen molar-refractivity contribution < 1.29 is 22.1 Å². The third-order valence-corrected chi connectivity index (χ3v) is 7.04. The summed E-state index contributed by atoms with van der Waals surface area (Å²) in [6, 6.07) is 5.51. The zero-order valence-electron chi connectivity index (χ0n) is 17.1. The van der Waals surface area contributed by atoms with Gasteiger partial charge in [0.05, 0.1) is 18.8 Å². The van der Waals surface area contributed by atoms with Gasteiger partial charge in [-0.3, -0.25) is 4.68 Å². The Morgan fingerprint density at radius 1 is 1.23 bits per heavy atom. The van der Waals surface area contributed by atoms with Crippen molar-refractivity contribution in [2.75, 3.05) is 6.54 Å². The van der Waals surface area contributed by atoms with Crippen LogP contribution in [0.1, 0.15) is 49.5 Å². The number of halogens is 1. The van der Waals surface area contributed by atoms with Crippen LogP contribution in [0.4, 0.5) is 4.39 Å². The van der Waals surface area contributed by atoms with E-state index in [-0.39, 0.29) is 29.8 Å². The van der Waals surface area contributed by atoms with Crippen LogP contribution in [0.2, 0.25) is 0 Å². The number of aromatic nitrogens is 4. The van der Waals surface area contributed by atoms with Crippen molar-refractivity contribution in [3.05, 3.63) is 59.8 Å². The van der Waals surface area contributed by atoms with Crippen LogP contribution in [-0.2, 0) is 34.5 Å². The SMILES string of the molecule is CCn1cc(S(=O)(=O)N2CCCCC2c2noc(COCc3ccc(F)cc3)n2)cn1. The lowest BCUT2D eigenvalue weighted by molar-refractivity contribution is 0.0850. The van der Waals surface area contributed by atoms with E-state index in [1.54, 1.807) is 16.8 Å². The van der Waals surface area contributed by atoms with Gasteiger partial charge in [0, 0.05) is 19.3 Å². The van der Waals surface area contributed by atoms with Gasteiger partial charge in [-0.2, -0.15) is 14.4 Å². The first-order chi connectivity index (χ1) is 15.0. The molecule has 1 unspecified atom stereocenters. The van der Waals surface area contributed by atoms with E-state index < -0.39 is 16.1 Å². The van der Waals surface area contributed by atoms with Crippen LogP contribution in [0.15, 0.2) is 46.1 Å². The Labute approximate surface area is 179 Å². The molecule has 3 heterocycles. The highest BCUT2D eigenvalue weighted by atomic mass is 32.2. The first-order valence-electron chi connectivity index (χ1n) is 10.2. The number of ether oxygens (including phenoxy) is 1. The van der Waals surface area contributed by atoms with Crippen LogP contribution in [0.5, 0.6) is 0 Å². The molecule has 11 heteroatoms. The molecule has 0 amide bonds. The van der Waals surface area contributed by atoms with Gasteiger partial charge in [-0.05, 0) is 37.5 Å². The molecule has 166 valence electrons. The molecule has 1 aliphatic rings. The Bertz CT molecular complexity index is 1110. The fourth-order valence-electron chi connectivity index (χ4n) is 3.54.